The molecular weight excluding hydrogens is 364 g/mol. The summed E-state index contributed by atoms with van der Waals surface area (Å²) in [7, 11) is 0. The summed E-state index contributed by atoms with van der Waals surface area (Å²) >= 11 is 0. The van der Waals surface area contributed by atoms with E-state index in [1.807, 2.05) is 24.3 Å². The molecule has 0 fully saturated rings. The average Bonchev–Trinajstić information content (AvgIpc) is 2.80. The largest absolute Gasteiger partial charge is 0.507 e. The summed E-state index contributed by atoms with van der Waals surface area (Å²) in [5, 5.41) is 11.3. The zero-order valence-electron chi connectivity index (χ0n) is 18.7. The highest BCUT2D eigenvalue weighted by Gasteiger charge is 2.18. The Morgan fingerprint density at radius 1 is 0.667 bits per heavy atom. The van der Waals surface area contributed by atoms with E-state index in [1.165, 1.54) is 56.1 Å². The van der Waals surface area contributed by atoms with Gasteiger partial charge in [0, 0.05) is 11.1 Å². The Hall–Kier alpha value is -2.54. The Morgan fingerprint density at radius 3 is 1.83 bits per heavy atom. The summed E-state index contributed by atoms with van der Waals surface area (Å²) in [4.78, 5) is 0. The van der Waals surface area contributed by atoms with Crippen LogP contribution < -0.4 is 0 Å². The number of hydrogen-bond acceptors (Lipinski definition) is 1. The molecule has 158 valence electrons. The van der Waals surface area contributed by atoms with Crippen molar-refractivity contribution in [2.45, 2.75) is 71.6 Å². The molecule has 3 aromatic rings. The predicted molar refractivity (Wildman–Crippen MR) is 130 cm³/mol. The number of aryl methyl sites for hydroxylation is 1. The lowest BCUT2D eigenvalue weighted by molar-refractivity contribution is 0.478. The first-order valence-corrected chi connectivity index (χ1v) is 11.7. The van der Waals surface area contributed by atoms with Crippen molar-refractivity contribution < 1.29 is 5.11 Å². The van der Waals surface area contributed by atoms with Crippen molar-refractivity contribution in [1.29, 1.82) is 0 Å². The smallest absolute Gasteiger partial charge is 0.131 e. The number of phenols is 1. The van der Waals surface area contributed by atoms with Gasteiger partial charge in [-0.15, -0.1) is 0 Å². The van der Waals surface area contributed by atoms with Crippen LogP contribution in [0.1, 0.15) is 69.9 Å². The Kier molecular flexibility index (Phi) is 8.56. The van der Waals surface area contributed by atoms with Gasteiger partial charge in [-0.05, 0) is 47.6 Å². The normalized spacial score (nSPS) is 11.0. The van der Waals surface area contributed by atoms with Crippen molar-refractivity contribution >= 4 is 0 Å². The molecule has 1 heteroatoms. The maximum atomic E-state index is 11.3. The third-order valence-corrected chi connectivity index (χ3v) is 6.05. The topological polar surface area (TPSA) is 20.2 Å². The first-order valence-electron chi connectivity index (χ1n) is 11.7. The van der Waals surface area contributed by atoms with Crippen LogP contribution in [0.15, 0.2) is 66.7 Å². The Labute approximate surface area is 182 Å². The molecule has 0 atom stereocenters. The summed E-state index contributed by atoms with van der Waals surface area (Å²) in [6, 6.07) is 22.9. The van der Waals surface area contributed by atoms with E-state index in [1.54, 1.807) is 0 Å². The standard InChI is InChI=1S/C29H36O/c1-3-5-6-7-8-9-12-21-25-22-27(23-17-13-10-14-18-23)29(30)28(26(25)4-2)24-19-15-11-16-20-24/h10-11,13-20,22,30H,3-9,12,21H2,1-2H3. The van der Waals surface area contributed by atoms with E-state index < -0.39 is 0 Å². The minimum absolute atomic E-state index is 0.410. The van der Waals surface area contributed by atoms with Gasteiger partial charge < -0.3 is 5.11 Å². The van der Waals surface area contributed by atoms with E-state index in [9.17, 15) is 5.11 Å². The van der Waals surface area contributed by atoms with Gasteiger partial charge >= 0.3 is 0 Å². The van der Waals surface area contributed by atoms with Crippen molar-refractivity contribution in [2.75, 3.05) is 0 Å². The maximum Gasteiger partial charge on any atom is 0.131 e. The van der Waals surface area contributed by atoms with Crippen LogP contribution in [-0.2, 0) is 12.8 Å². The molecular formula is C29H36O. The lowest BCUT2D eigenvalue weighted by Gasteiger charge is -2.19. The fraction of sp³-hybridized carbons (Fsp3) is 0.379. The Bertz CT molecular complexity index is 897. The van der Waals surface area contributed by atoms with Crippen molar-refractivity contribution in [3.05, 3.63) is 77.9 Å². The molecule has 1 N–H and O–H groups in total. The lowest BCUT2D eigenvalue weighted by Crippen LogP contribution is -2.00. The zero-order chi connectivity index (χ0) is 21.2. The van der Waals surface area contributed by atoms with Gasteiger partial charge in [-0.2, -0.15) is 0 Å². The van der Waals surface area contributed by atoms with Crippen LogP contribution in [0.3, 0.4) is 0 Å². The second-order valence-corrected chi connectivity index (χ2v) is 8.24. The second kappa shape index (κ2) is 11.6. The molecule has 0 saturated heterocycles. The molecule has 3 aromatic carbocycles. The van der Waals surface area contributed by atoms with Gasteiger partial charge in [0.2, 0.25) is 0 Å². The van der Waals surface area contributed by atoms with Crippen LogP contribution in [0.25, 0.3) is 22.3 Å². The molecule has 1 nitrogen and oxygen atoms in total. The van der Waals surface area contributed by atoms with Crippen molar-refractivity contribution in [2.24, 2.45) is 0 Å². The molecule has 3 rings (SSSR count). The molecule has 0 aliphatic carbocycles. The second-order valence-electron chi connectivity index (χ2n) is 8.24. The van der Waals surface area contributed by atoms with Gasteiger partial charge in [0.1, 0.15) is 5.75 Å². The van der Waals surface area contributed by atoms with Crippen LogP contribution in [0.2, 0.25) is 0 Å². The molecule has 0 radical (unpaired) electrons. The van der Waals surface area contributed by atoms with Crippen LogP contribution in [0.4, 0.5) is 0 Å². The molecule has 30 heavy (non-hydrogen) atoms. The lowest BCUT2D eigenvalue weighted by atomic mass is 9.86. The number of rotatable bonds is 11. The summed E-state index contributed by atoms with van der Waals surface area (Å²) in [5.41, 5.74) is 6.83. The molecule has 0 spiro atoms. The number of phenolic OH excluding ortho intramolecular Hbond substituents is 1. The SMILES string of the molecule is CCCCCCCCCc1cc(-c2ccccc2)c(O)c(-c2ccccc2)c1CC. The molecule has 0 heterocycles. The molecule has 0 bridgehead atoms. The summed E-state index contributed by atoms with van der Waals surface area (Å²) in [6.07, 6.45) is 11.2. The molecule has 0 aromatic heterocycles. The van der Waals surface area contributed by atoms with Crippen LogP contribution in [-0.4, -0.2) is 5.11 Å². The van der Waals surface area contributed by atoms with Crippen molar-refractivity contribution in [3.8, 4) is 28.0 Å². The Morgan fingerprint density at radius 2 is 1.23 bits per heavy atom. The van der Waals surface area contributed by atoms with E-state index in [2.05, 4.69) is 56.3 Å². The quantitative estimate of drug-likeness (QED) is 0.319. The Balaban J connectivity index is 1.93. The molecule has 0 amide bonds. The van der Waals surface area contributed by atoms with Gasteiger partial charge in [0.15, 0.2) is 0 Å². The number of hydrogen-bond donors (Lipinski definition) is 1. The van der Waals surface area contributed by atoms with E-state index in [0.717, 1.165) is 35.1 Å². The van der Waals surface area contributed by atoms with E-state index in [0.29, 0.717) is 5.75 Å². The minimum Gasteiger partial charge on any atom is -0.507 e. The molecule has 0 saturated carbocycles. The van der Waals surface area contributed by atoms with Gasteiger partial charge in [0.05, 0.1) is 0 Å². The van der Waals surface area contributed by atoms with E-state index in [-0.39, 0.29) is 0 Å². The number of aromatic hydroxyl groups is 1. The monoisotopic (exact) mass is 400 g/mol. The highest BCUT2D eigenvalue weighted by Crippen LogP contribution is 2.43. The maximum absolute atomic E-state index is 11.3. The average molecular weight is 401 g/mol. The number of benzene rings is 3. The fourth-order valence-corrected chi connectivity index (χ4v) is 4.42. The first kappa shape index (κ1) is 22.2. The van der Waals surface area contributed by atoms with Gasteiger partial charge in [-0.1, -0.05) is 113 Å². The summed E-state index contributed by atoms with van der Waals surface area (Å²) in [6.45, 7) is 4.48. The minimum atomic E-state index is 0.410. The molecule has 0 aliphatic heterocycles. The highest BCUT2D eigenvalue weighted by molar-refractivity contribution is 5.85. The van der Waals surface area contributed by atoms with E-state index >= 15 is 0 Å². The van der Waals surface area contributed by atoms with Crippen molar-refractivity contribution in [3.63, 3.8) is 0 Å². The number of unbranched alkanes of at least 4 members (excludes halogenated alkanes) is 6. The fourth-order valence-electron chi connectivity index (χ4n) is 4.42. The third-order valence-electron chi connectivity index (χ3n) is 6.05. The van der Waals surface area contributed by atoms with Gasteiger partial charge in [-0.25, -0.2) is 0 Å². The first-order chi connectivity index (χ1) is 14.8. The molecule has 0 unspecified atom stereocenters. The zero-order valence-corrected chi connectivity index (χ0v) is 18.7. The summed E-state index contributed by atoms with van der Waals surface area (Å²) in [5.74, 6) is 0.410. The van der Waals surface area contributed by atoms with E-state index in [4.69, 9.17) is 0 Å². The predicted octanol–water partition coefficient (Wildman–Crippen LogP) is 8.58. The van der Waals surface area contributed by atoms with Crippen LogP contribution in [0, 0.1) is 0 Å². The third kappa shape index (κ3) is 5.53. The highest BCUT2D eigenvalue weighted by atomic mass is 16.3. The summed E-state index contributed by atoms with van der Waals surface area (Å²) < 4.78 is 0. The van der Waals surface area contributed by atoms with Gasteiger partial charge in [-0.3, -0.25) is 0 Å². The van der Waals surface area contributed by atoms with Crippen LogP contribution in [0.5, 0.6) is 5.75 Å². The van der Waals surface area contributed by atoms with Crippen LogP contribution >= 0.6 is 0 Å². The molecule has 0 aliphatic rings. The van der Waals surface area contributed by atoms with Gasteiger partial charge in [0.25, 0.3) is 0 Å². The van der Waals surface area contributed by atoms with Crippen molar-refractivity contribution in [1.82, 2.24) is 0 Å².